The molecule has 186 valence electrons. The van der Waals surface area contributed by atoms with E-state index in [4.69, 9.17) is 23.2 Å². The van der Waals surface area contributed by atoms with Crippen LogP contribution < -0.4 is 14.3 Å². The van der Waals surface area contributed by atoms with E-state index in [1.54, 1.807) is 25.1 Å². The molecule has 0 aromatic heterocycles. The lowest BCUT2D eigenvalue weighted by atomic mass is 10.1. The minimum absolute atomic E-state index is 0.0697. The summed E-state index contributed by atoms with van der Waals surface area (Å²) in [6.07, 6.45) is 1.03. The van der Waals surface area contributed by atoms with E-state index in [1.165, 1.54) is 36.4 Å². The van der Waals surface area contributed by atoms with Gasteiger partial charge in [0.1, 0.15) is 6.54 Å². The molecule has 0 unspecified atom stereocenters. The Morgan fingerprint density at radius 1 is 0.914 bits per heavy atom. The van der Waals surface area contributed by atoms with Gasteiger partial charge in [-0.15, -0.1) is 0 Å². The lowest BCUT2D eigenvalue weighted by molar-refractivity contribution is -0.114. The second kappa shape index (κ2) is 10.4. The van der Waals surface area contributed by atoms with Gasteiger partial charge < -0.3 is 5.32 Å². The van der Waals surface area contributed by atoms with Gasteiger partial charge in [-0.05, 0) is 67.4 Å². The number of anilines is 3. The number of amides is 1. The van der Waals surface area contributed by atoms with Crippen LogP contribution >= 0.6 is 23.2 Å². The molecular weight excluding hydrogens is 533 g/mol. The number of benzene rings is 3. The molecular formula is C23H23Cl2N3O5S2. The summed E-state index contributed by atoms with van der Waals surface area (Å²) in [6, 6.07) is 15.2. The highest BCUT2D eigenvalue weighted by molar-refractivity contribution is 7.92. The smallest absolute Gasteiger partial charge is 0.261 e. The van der Waals surface area contributed by atoms with Gasteiger partial charge in [0.25, 0.3) is 10.0 Å². The summed E-state index contributed by atoms with van der Waals surface area (Å²) in [5, 5.41) is 2.87. The molecule has 0 aliphatic heterocycles. The first kappa shape index (κ1) is 26.8. The molecule has 3 aromatic carbocycles. The maximum absolute atomic E-state index is 12.7. The normalized spacial score (nSPS) is 11.7. The molecule has 2 N–H and O–H groups in total. The molecule has 0 spiro atoms. The largest absolute Gasteiger partial charge is 0.325 e. The van der Waals surface area contributed by atoms with E-state index in [0.29, 0.717) is 11.4 Å². The number of hydrogen-bond acceptors (Lipinski definition) is 5. The Hall–Kier alpha value is -2.79. The summed E-state index contributed by atoms with van der Waals surface area (Å²) in [6.45, 7) is 3.19. The Morgan fingerprint density at radius 2 is 1.54 bits per heavy atom. The molecule has 12 heteroatoms. The second-order valence-corrected chi connectivity index (χ2v) is 12.1. The first-order valence-corrected chi connectivity index (χ1v) is 14.3. The Labute approximate surface area is 215 Å². The fourth-order valence-electron chi connectivity index (χ4n) is 3.22. The van der Waals surface area contributed by atoms with Crippen LogP contribution in [-0.2, 0) is 24.8 Å². The van der Waals surface area contributed by atoms with Crippen molar-refractivity contribution in [1.29, 1.82) is 0 Å². The number of aryl methyl sites for hydroxylation is 1. The second-order valence-electron chi connectivity index (χ2n) is 7.77. The van der Waals surface area contributed by atoms with Gasteiger partial charge in [-0.25, -0.2) is 16.8 Å². The van der Waals surface area contributed by atoms with Gasteiger partial charge in [-0.2, -0.15) is 0 Å². The van der Waals surface area contributed by atoms with E-state index in [0.717, 1.165) is 21.7 Å². The predicted molar refractivity (Wildman–Crippen MR) is 140 cm³/mol. The van der Waals surface area contributed by atoms with Gasteiger partial charge in [0.2, 0.25) is 15.9 Å². The zero-order chi connectivity index (χ0) is 26.0. The van der Waals surface area contributed by atoms with Crippen LogP contribution in [0.1, 0.15) is 11.1 Å². The molecule has 0 bridgehead atoms. The fourth-order valence-corrected chi connectivity index (χ4v) is 5.60. The van der Waals surface area contributed by atoms with Gasteiger partial charge in [0.05, 0.1) is 32.6 Å². The Balaban J connectivity index is 1.75. The zero-order valence-electron chi connectivity index (χ0n) is 19.0. The van der Waals surface area contributed by atoms with Crippen LogP contribution in [0.4, 0.5) is 17.1 Å². The van der Waals surface area contributed by atoms with E-state index in [1.807, 2.05) is 13.0 Å². The summed E-state index contributed by atoms with van der Waals surface area (Å²) in [7, 11) is -7.72. The molecule has 0 aliphatic rings. The van der Waals surface area contributed by atoms with Crippen molar-refractivity contribution in [3.63, 3.8) is 0 Å². The molecule has 0 fully saturated rings. The van der Waals surface area contributed by atoms with Gasteiger partial charge in [-0.1, -0.05) is 41.4 Å². The SMILES string of the molecule is Cc1cccc(N(CC(=O)Nc2ccc(S(=O)(=O)Nc3cccc(Cl)c3Cl)cc2)S(C)(=O)=O)c1C. The molecule has 8 nitrogen and oxygen atoms in total. The average Bonchev–Trinajstić information content (AvgIpc) is 2.77. The van der Waals surface area contributed by atoms with Crippen molar-refractivity contribution in [1.82, 2.24) is 0 Å². The maximum Gasteiger partial charge on any atom is 0.261 e. The monoisotopic (exact) mass is 555 g/mol. The van der Waals surface area contributed by atoms with Crippen LogP contribution in [0.2, 0.25) is 10.0 Å². The minimum Gasteiger partial charge on any atom is -0.325 e. The van der Waals surface area contributed by atoms with Gasteiger partial charge in [0, 0.05) is 5.69 Å². The standard InChI is InChI=1S/C23H23Cl2N3O5S2/c1-15-6-4-9-21(16(15)2)28(34(3,30)31)14-22(29)26-17-10-12-18(13-11-17)35(32,33)27-20-8-5-7-19(24)23(20)25/h4-13,27H,14H2,1-3H3,(H,26,29). The van der Waals surface area contributed by atoms with Crippen molar-refractivity contribution in [2.75, 3.05) is 27.1 Å². The lowest BCUT2D eigenvalue weighted by Crippen LogP contribution is -2.38. The number of nitrogens with one attached hydrogen (secondary N) is 2. The third kappa shape index (κ3) is 6.46. The van der Waals surface area contributed by atoms with Gasteiger partial charge in [-0.3, -0.25) is 13.8 Å². The van der Waals surface area contributed by atoms with Crippen LogP contribution in [0.5, 0.6) is 0 Å². The number of rotatable bonds is 8. The van der Waals surface area contributed by atoms with Crippen LogP contribution in [-0.4, -0.2) is 35.5 Å². The summed E-state index contributed by atoms with van der Waals surface area (Å²) in [5.41, 5.74) is 2.47. The van der Waals surface area contributed by atoms with Crippen molar-refractivity contribution in [3.8, 4) is 0 Å². The number of hydrogen-bond donors (Lipinski definition) is 2. The van der Waals surface area contributed by atoms with E-state index in [2.05, 4.69) is 10.0 Å². The molecule has 0 atom stereocenters. The van der Waals surface area contributed by atoms with E-state index >= 15 is 0 Å². The maximum atomic E-state index is 12.7. The van der Waals surface area contributed by atoms with Crippen molar-refractivity contribution >= 4 is 66.2 Å². The highest BCUT2D eigenvalue weighted by atomic mass is 35.5. The molecule has 0 heterocycles. The van der Waals surface area contributed by atoms with Crippen molar-refractivity contribution in [3.05, 3.63) is 81.8 Å². The molecule has 0 aliphatic carbocycles. The third-order valence-corrected chi connectivity index (χ3v) is 8.50. The average molecular weight is 556 g/mol. The van der Waals surface area contributed by atoms with E-state index in [-0.39, 0.29) is 20.6 Å². The number of sulfonamides is 2. The number of nitrogens with zero attached hydrogens (tertiary/aromatic N) is 1. The first-order valence-electron chi connectivity index (χ1n) is 10.2. The molecule has 0 saturated carbocycles. The number of carbonyl (C=O) groups is 1. The Morgan fingerprint density at radius 3 is 2.17 bits per heavy atom. The lowest BCUT2D eigenvalue weighted by Gasteiger charge is -2.24. The highest BCUT2D eigenvalue weighted by Gasteiger charge is 2.23. The van der Waals surface area contributed by atoms with Crippen LogP contribution in [0.3, 0.4) is 0 Å². The molecule has 1 amide bonds. The molecule has 3 aromatic rings. The molecule has 0 saturated heterocycles. The van der Waals surface area contributed by atoms with E-state index in [9.17, 15) is 21.6 Å². The van der Waals surface area contributed by atoms with Crippen molar-refractivity contribution in [2.45, 2.75) is 18.7 Å². The topological polar surface area (TPSA) is 113 Å². The van der Waals surface area contributed by atoms with Gasteiger partial charge >= 0.3 is 0 Å². The summed E-state index contributed by atoms with van der Waals surface area (Å²) in [5.74, 6) is -0.587. The van der Waals surface area contributed by atoms with Crippen LogP contribution in [0.25, 0.3) is 0 Å². The number of carbonyl (C=O) groups excluding carboxylic acids is 1. The Bertz CT molecular complexity index is 1480. The first-order chi connectivity index (χ1) is 16.3. The number of halogens is 2. The molecule has 0 radical (unpaired) electrons. The van der Waals surface area contributed by atoms with E-state index < -0.39 is 32.5 Å². The van der Waals surface area contributed by atoms with Crippen LogP contribution in [0, 0.1) is 13.8 Å². The van der Waals surface area contributed by atoms with Crippen LogP contribution in [0.15, 0.2) is 65.6 Å². The fraction of sp³-hybridized carbons (Fsp3) is 0.174. The third-order valence-electron chi connectivity index (χ3n) is 5.18. The molecule has 35 heavy (non-hydrogen) atoms. The molecule has 3 rings (SSSR count). The summed E-state index contributed by atoms with van der Waals surface area (Å²) in [4.78, 5) is 12.6. The van der Waals surface area contributed by atoms with Crippen molar-refractivity contribution < 1.29 is 21.6 Å². The zero-order valence-corrected chi connectivity index (χ0v) is 22.2. The Kier molecular flexibility index (Phi) is 8.00. The summed E-state index contributed by atoms with van der Waals surface area (Å²) >= 11 is 12.0. The highest BCUT2D eigenvalue weighted by Crippen LogP contribution is 2.31. The minimum atomic E-state index is -3.97. The quantitative estimate of drug-likeness (QED) is 0.413. The van der Waals surface area contributed by atoms with Crippen molar-refractivity contribution in [2.24, 2.45) is 0 Å². The predicted octanol–water partition coefficient (Wildman–Crippen LogP) is 4.82. The summed E-state index contributed by atoms with van der Waals surface area (Å²) < 4.78 is 53.6. The van der Waals surface area contributed by atoms with Gasteiger partial charge in [0.15, 0.2) is 0 Å².